The molecule has 1 aromatic heterocycles. The average molecular weight is 285 g/mol. The van der Waals surface area contributed by atoms with Crippen molar-refractivity contribution >= 4 is 0 Å². The Morgan fingerprint density at radius 2 is 2.14 bits per heavy atom. The molecule has 0 amide bonds. The van der Waals surface area contributed by atoms with Gasteiger partial charge in [0.1, 0.15) is 18.1 Å². The Morgan fingerprint density at radius 1 is 1.29 bits per heavy atom. The van der Waals surface area contributed by atoms with Crippen LogP contribution in [0.15, 0.2) is 41.0 Å². The van der Waals surface area contributed by atoms with Gasteiger partial charge in [-0.3, -0.25) is 4.90 Å². The second-order valence-electron chi connectivity index (χ2n) is 4.75. The first-order chi connectivity index (χ1) is 10.2. The summed E-state index contributed by atoms with van der Waals surface area (Å²) in [6, 6.07) is 9.75. The Bertz CT molecular complexity index is 623. The summed E-state index contributed by atoms with van der Waals surface area (Å²) in [5, 5.41) is 8.82. The second-order valence-corrected chi connectivity index (χ2v) is 4.75. The third-order valence-electron chi connectivity index (χ3n) is 3.02. The minimum atomic E-state index is -0.161. The number of nitrogens with zero attached hydrogens (tertiary/aromatic N) is 1. The summed E-state index contributed by atoms with van der Waals surface area (Å²) >= 11 is 0. The van der Waals surface area contributed by atoms with Crippen LogP contribution >= 0.6 is 0 Å². The van der Waals surface area contributed by atoms with E-state index < -0.39 is 0 Å². The Balaban J connectivity index is 2.09. The van der Waals surface area contributed by atoms with Gasteiger partial charge in [-0.1, -0.05) is 17.9 Å². The molecular weight excluding hydrogens is 266 g/mol. The highest BCUT2D eigenvalue weighted by Gasteiger charge is 2.06. The molecule has 0 fully saturated rings. The molecule has 21 heavy (non-hydrogen) atoms. The van der Waals surface area contributed by atoms with E-state index in [1.807, 2.05) is 37.4 Å². The molecule has 1 heterocycles. The van der Waals surface area contributed by atoms with Crippen LogP contribution in [0.4, 0.5) is 0 Å². The average Bonchev–Trinajstić information content (AvgIpc) is 2.98. The number of furan rings is 1. The number of hydrogen-bond acceptors (Lipinski definition) is 4. The highest BCUT2D eigenvalue weighted by molar-refractivity contribution is 5.48. The van der Waals surface area contributed by atoms with E-state index >= 15 is 0 Å². The second kappa shape index (κ2) is 7.53. The molecular formula is C17H19NO3. The van der Waals surface area contributed by atoms with Crippen molar-refractivity contribution in [2.24, 2.45) is 0 Å². The molecule has 0 aliphatic carbocycles. The van der Waals surface area contributed by atoms with Gasteiger partial charge in [0.15, 0.2) is 0 Å². The van der Waals surface area contributed by atoms with Crippen LogP contribution in [0.1, 0.15) is 16.9 Å². The molecule has 0 aliphatic rings. The molecule has 0 aliphatic heterocycles. The van der Waals surface area contributed by atoms with Crippen LogP contribution in [0.5, 0.6) is 5.75 Å². The number of aliphatic hydroxyl groups is 1. The number of aliphatic hydroxyl groups excluding tert-OH is 1. The molecule has 0 saturated carbocycles. The molecule has 1 aromatic carbocycles. The van der Waals surface area contributed by atoms with Crippen LogP contribution in [-0.4, -0.2) is 30.8 Å². The highest BCUT2D eigenvalue weighted by Crippen LogP contribution is 2.20. The van der Waals surface area contributed by atoms with E-state index in [2.05, 4.69) is 16.7 Å². The zero-order valence-corrected chi connectivity index (χ0v) is 12.3. The van der Waals surface area contributed by atoms with Gasteiger partial charge in [-0.25, -0.2) is 0 Å². The summed E-state index contributed by atoms with van der Waals surface area (Å²) in [4.78, 5) is 2.16. The minimum absolute atomic E-state index is 0.161. The number of ether oxygens (including phenoxy) is 1. The highest BCUT2D eigenvalue weighted by atomic mass is 16.5. The number of rotatable bonds is 5. The predicted molar refractivity (Wildman–Crippen MR) is 80.8 cm³/mol. The van der Waals surface area contributed by atoms with Gasteiger partial charge in [0, 0.05) is 6.54 Å². The van der Waals surface area contributed by atoms with Gasteiger partial charge in [0.05, 0.1) is 25.5 Å². The normalized spacial score (nSPS) is 10.3. The lowest BCUT2D eigenvalue weighted by molar-refractivity contribution is 0.287. The lowest BCUT2D eigenvalue weighted by atomic mass is 10.1. The molecule has 0 spiro atoms. The van der Waals surface area contributed by atoms with Crippen molar-refractivity contribution in [1.29, 1.82) is 0 Å². The summed E-state index contributed by atoms with van der Waals surface area (Å²) in [5.74, 6) is 7.22. The van der Waals surface area contributed by atoms with Gasteiger partial charge in [-0.15, -0.1) is 0 Å². The summed E-state index contributed by atoms with van der Waals surface area (Å²) < 4.78 is 10.6. The number of benzene rings is 1. The fourth-order valence-corrected chi connectivity index (χ4v) is 2.12. The van der Waals surface area contributed by atoms with Crippen molar-refractivity contribution in [3.63, 3.8) is 0 Å². The lowest BCUT2D eigenvalue weighted by Gasteiger charge is -2.16. The predicted octanol–water partition coefficient (Wildman–Crippen LogP) is 2.26. The molecule has 2 rings (SSSR count). The molecule has 4 heteroatoms. The van der Waals surface area contributed by atoms with Gasteiger partial charge < -0.3 is 14.3 Å². The topological polar surface area (TPSA) is 45.8 Å². The van der Waals surface area contributed by atoms with Crippen molar-refractivity contribution in [2.45, 2.75) is 13.1 Å². The Kier molecular flexibility index (Phi) is 5.44. The smallest absolute Gasteiger partial charge is 0.134 e. The van der Waals surface area contributed by atoms with E-state index in [4.69, 9.17) is 14.3 Å². The summed E-state index contributed by atoms with van der Waals surface area (Å²) in [7, 11) is 3.65. The van der Waals surface area contributed by atoms with Gasteiger partial charge in [-0.05, 0) is 36.9 Å². The summed E-state index contributed by atoms with van der Waals surface area (Å²) in [6.07, 6.45) is 1.68. The van der Waals surface area contributed by atoms with Crippen LogP contribution in [-0.2, 0) is 13.1 Å². The first-order valence-electron chi connectivity index (χ1n) is 6.70. The van der Waals surface area contributed by atoms with Gasteiger partial charge in [0.25, 0.3) is 0 Å². The van der Waals surface area contributed by atoms with E-state index in [0.717, 1.165) is 30.0 Å². The maximum Gasteiger partial charge on any atom is 0.134 e. The Hall–Kier alpha value is -2.22. The zero-order chi connectivity index (χ0) is 15.1. The van der Waals surface area contributed by atoms with Crippen LogP contribution in [0.3, 0.4) is 0 Å². The molecule has 0 unspecified atom stereocenters. The molecule has 110 valence electrons. The molecule has 4 nitrogen and oxygen atoms in total. The van der Waals surface area contributed by atoms with E-state index in [0.29, 0.717) is 5.75 Å². The molecule has 2 aromatic rings. The van der Waals surface area contributed by atoms with Crippen LogP contribution in [0.25, 0.3) is 0 Å². The summed E-state index contributed by atoms with van der Waals surface area (Å²) in [6.45, 7) is 1.36. The maximum absolute atomic E-state index is 8.82. The van der Waals surface area contributed by atoms with Crippen molar-refractivity contribution in [3.8, 4) is 17.6 Å². The van der Waals surface area contributed by atoms with Crippen LogP contribution in [0, 0.1) is 11.8 Å². The number of hydrogen-bond donors (Lipinski definition) is 1. The Labute approximate surface area is 125 Å². The van der Waals surface area contributed by atoms with Crippen LogP contribution < -0.4 is 4.74 Å². The molecule has 0 bridgehead atoms. The quantitative estimate of drug-likeness (QED) is 0.856. The third-order valence-corrected chi connectivity index (χ3v) is 3.02. The summed E-state index contributed by atoms with van der Waals surface area (Å²) in [5.41, 5.74) is 1.92. The third kappa shape index (κ3) is 4.38. The molecule has 1 N–H and O–H groups in total. The first-order valence-corrected chi connectivity index (χ1v) is 6.70. The van der Waals surface area contributed by atoms with Crippen LogP contribution in [0.2, 0.25) is 0 Å². The lowest BCUT2D eigenvalue weighted by Crippen LogP contribution is -2.16. The van der Waals surface area contributed by atoms with E-state index in [9.17, 15) is 0 Å². The first kappa shape index (κ1) is 15.2. The molecule has 0 saturated heterocycles. The van der Waals surface area contributed by atoms with Gasteiger partial charge in [0.2, 0.25) is 0 Å². The standard InChI is InChI=1S/C17H19NO3/c1-18(13-16-6-4-10-21-16)12-14-7-8-17(20-2)15(11-14)5-3-9-19/h4,6-8,10-11,19H,9,12-13H2,1-2H3. The molecule has 0 atom stereocenters. The fourth-order valence-electron chi connectivity index (χ4n) is 2.12. The number of methoxy groups -OCH3 is 1. The largest absolute Gasteiger partial charge is 0.495 e. The maximum atomic E-state index is 8.82. The van der Waals surface area contributed by atoms with Crippen molar-refractivity contribution < 1.29 is 14.3 Å². The van der Waals surface area contributed by atoms with Crippen molar-refractivity contribution in [2.75, 3.05) is 20.8 Å². The van der Waals surface area contributed by atoms with E-state index in [-0.39, 0.29) is 6.61 Å². The zero-order valence-electron chi connectivity index (χ0n) is 12.3. The van der Waals surface area contributed by atoms with E-state index in [1.54, 1.807) is 13.4 Å². The SMILES string of the molecule is COc1ccc(CN(C)Cc2ccco2)cc1C#CCO. The minimum Gasteiger partial charge on any atom is -0.495 e. The fraction of sp³-hybridized carbons (Fsp3) is 0.294. The van der Waals surface area contributed by atoms with Gasteiger partial charge in [-0.2, -0.15) is 0 Å². The molecule has 0 radical (unpaired) electrons. The van der Waals surface area contributed by atoms with Crippen molar-refractivity contribution in [3.05, 3.63) is 53.5 Å². The monoisotopic (exact) mass is 285 g/mol. The van der Waals surface area contributed by atoms with Crippen molar-refractivity contribution in [1.82, 2.24) is 4.90 Å². The van der Waals surface area contributed by atoms with E-state index in [1.165, 1.54) is 0 Å². The Morgan fingerprint density at radius 3 is 2.81 bits per heavy atom. The van der Waals surface area contributed by atoms with Gasteiger partial charge >= 0.3 is 0 Å².